The number of ketones is 1. The fourth-order valence-electron chi connectivity index (χ4n) is 1.71. The van der Waals surface area contributed by atoms with Crippen LogP contribution in [0.1, 0.15) is 34.0 Å². The normalized spacial score (nSPS) is 12.1. The van der Waals surface area contributed by atoms with E-state index in [-0.39, 0.29) is 22.4 Å². The van der Waals surface area contributed by atoms with Gasteiger partial charge in [0.15, 0.2) is 16.6 Å². The number of nitrogens with zero attached hydrogens (tertiary/aromatic N) is 3. The third-order valence-electron chi connectivity index (χ3n) is 2.54. The van der Waals surface area contributed by atoms with Gasteiger partial charge < -0.3 is 10.4 Å². The zero-order valence-electron chi connectivity index (χ0n) is 11.0. The van der Waals surface area contributed by atoms with E-state index in [9.17, 15) is 9.59 Å². The first-order valence-electron chi connectivity index (χ1n) is 5.96. The van der Waals surface area contributed by atoms with Gasteiger partial charge in [-0.1, -0.05) is 11.3 Å². The molecule has 7 nitrogen and oxygen atoms in total. The maximum absolute atomic E-state index is 11.4. The molecule has 2 rings (SSSR count). The monoisotopic (exact) mass is 294 g/mol. The zero-order valence-corrected chi connectivity index (χ0v) is 11.8. The second-order valence-corrected chi connectivity index (χ2v) is 5.33. The lowest BCUT2D eigenvalue weighted by atomic mass is 10.3. The summed E-state index contributed by atoms with van der Waals surface area (Å²) in [5.74, 6) is -1.49. The highest BCUT2D eigenvalue weighted by Gasteiger charge is 2.21. The Morgan fingerprint density at radius 3 is 2.80 bits per heavy atom. The van der Waals surface area contributed by atoms with Gasteiger partial charge in [-0.15, -0.1) is 0 Å². The Morgan fingerprint density at radius 2 is 2.30 bits per heavy atom. The molecule has 0 aliphatic carbocycles. The number of anilines is 1. The summed E-state index contributed by atoms with van der Waals surface area (Å²) in [6.07, 6.45) is 3.52. The number of carbonyl (C=O) groups excluding carboxylic acids is 1. The highest BCUT2D eigenvalue weighted by molar-refractivity contribution is 7.17. The van der Waals surface area contributed by atoms with Gasteiger partial charge in [-0.05, 0) is 13.0 Å². The minimum atomic E-state index is -1.20. The first-order chi connectivity index (χ1) is 9.47. The van der Waals surface area contributed by atoms with E-state index in [4.69, 9.17) is 5.11 Å². The average Bonchev–Trinajstić information content (AvgIpc) is 2.97. The van der Waals surface area contributed by atoms with Crippen molar-refractivity contribution < 1.29 is 14.7 Å². The molecule has 2 aromatic heterocycles. The fourth-order valence-corrected chi connectivity index (χ4v) is 2.67. The van der Waals surface area contributed by atoms with E-state index in [2.05, 4.69) is 15.4 Å². The molecule has 106 valence electrons. The van der Waals surface area contributed by atoms with Crippen LogP contribution < -0.4 is 5.32 Å². The summed E-state index contributed by atoms with van der Waals surface area (Å²) in [6, 6.07) is 1.83. The van der Waals surface area contributed by atoms with E-state index < -0.39 is 5.97 Å². The third-order valence-corrected chi connectivity index (χ3v) is 3.63. The molecule has 0 bridgehead atoms. The third kappa shape index (κ3) is 3.21. The van der Waals surface area contributed by atoms with Crippen LogP contribution in [-0.2, 0) is 6.54 Å². The Labute approximate surface area is 119 Å². The highest BCUT2D eigenvalue weighted by atomic mass is 32.1. The molecule has 20 heavy (non-hydrogen) atoms. The molecule has 0 saturated carbocycles. The molecule has 8 heteroatoms. The van der Waals surface area contributed by atoms with Crippen LogP contribution in [0.3, 0.4) is 0 Å². The molecule has 2 N–H and O–H groups in total. The number of aromatic carboxylic acids is 1. The predicted octanol–water partition coefficient (Wildman–Crippen LogP) is 1.74. The summed E-state index contributed by atoms with van der Waals surface area (Å²) in [5, 5.41) is 16.6. The lowest BCUT2D eigenvalue weighted by molar-refractivity contribution is 0.0687. The van der Waals surface area contributed by atoms with Crippen LogP contribution in [0.15, 0.2) is 18.5 Å². The van der Waals surface area contributed by atoms with Crippen molar-refractivity contribution in [1.82, 2.24) is 14.8 Å². The summed E-state index contributed by atoms with van der Waals surface area (Å²) in [6.45, 7) is 3.87. The van der Waals surface area contributed by atoms with E-state index in [0.717, 1.165) is 11.3 Å². The molecule has 0 saturated heterocycles. The van der Waals surface area contributed by atoms with Gasteiger partial charge in [0.05, 0.1) is 6.54 Å². The minimum Gasteiger partial charge on any atom is -0.476 e. The van der Waals surface area contributed by atoms with Crippen LogP contribution in [0.25, 0.3) is 0 Å². The van der Waals surface area contributed by atoms with Crippen LogP contribution in [0.2, 0.25) is 0 Å². The van der Waals surface area contributed by atoms with Crippen molar-refractivity contribution in [1.29, 1.82) is 0 Å². The van der Waals surface area contributed by atoms with Crippen molar-refractivity contribution in [3.63, 3.8) is 0 Å². The SMILES string of the molecule is CC(=O)c1sc(NC(C)Cn2cccn2)nc1C(=O)O. The van der Waals surface area contributed by atoms with E-state index >= 15 is 0 Å². The van der Waals surface area contributed by atoms with Crippen molar-refractivity contribution in [3.8, 4) is 0 Å². The smallest absolute Gasteiger partial charge is 0.356 e. The fraction of sp³-hybridized carbons (Fsp3) is 0.333. The molecule has 0 aromatic carbocycles. The standard InChI is InChI=1S/C12H14N4O3S/c1-7(6-16-5-3-4-13-16)14-12-15-9(11(18)19)10(20-12)8(2)17/h3-5,7H,6H2,1-2H3,(H,14,15)(H,18,19). The van der Waals surface area contributed by atoms with Gasteiger partial charge in [0.25, 0.3) is 0 Å². The average molecular weight is 294 g/mol. The summed E-state index contributed by atoms with van der Waals surface area (Å²) in [5.41, 5.74) is -0.198. The second-order valence-electron chi connectivity index (χ2n) is 4.33. The Balaban J connectivity index is 2.11. The van der Waals surface area contributed by atoms with Crippen molar-refractivity contribution in [2.75, 3.05) is 5.32 Å². The van der Waals surface area contributed by atoms with Gasteiger partial charge >= 0.3 is 5.97 Å². The molecule has 0 aliphatic heterocycles. The van der Waals surface area contributed by atoms with Gasteiger partial charge in [-0.25, -0.2) is 9.78 Å². The number of carboxylic acids is 1. The lowest BCUT2D eigenvalue weighted by Gasteiger charge is -2.12. The molecule has 2 aromatic rings. The molecule has 0 aliphatic rings. The van der Waals surface area contributed by atoms with E-state index in [1.165, 1.54) is 6.92 Å². The summed E-state index contributed by atoms with van der Waals surface area (Å²) in [4.78, 5) is 26.5. The van der Waals surface area contributed by atoms with Crippen molar-refractivity contribution >= 4 is 28.2 Å². The summed E-state index contributed by atoms with van der Waals surface area (Å²) >= 11 is 1.05. The van der Waals surface area contributed by atoms with Crippen LogP contribution in [-0.4, -0.2) is 37.7 Å². The van der Waals surface area contributed by atoms with E-state index in [0.29, 0.717) is 11.7 Å². The van der Waals surface area contributed by atoms with Gasteiger partial charge in [0, 0.05) is 25.4 Å². The number of carbonyl (C=O) groups is 2. The molecule has 0 amide bonds. The highest BCUT2D eigenvalue weighted by Crippen LogP contribution is 2.24. The Morgan fingerprint density at radius 1 is 1.55 bits per heavy atom. The summed E-state index contributed by atoms with van der Waals surface area (Å²) < 4.78 is 1.76. The molecule has 0 fully saturated rings. The predicted molar refractivity (Wildman–Crippen MR) is 74.4 cm³/mol. The molecule has 1 atom stereocenters. The Bertz CT molecular complexity index is 589. The lowest BCUT2D eigenvalue weighted by Crippen LogP contribution is -2.22. The van der Waals surface area contributed by atoms with Crippen LogP contribution >= 0.6 is 11.3 Å². The molecule has 1 unspecified atom stereocenters. The van der Waals surface area contributed by atoms with Gasteiger partial charge in [-0.3, -0.25) is 9.48 Å². The Hall–Kier alpha value is -2.22. The molecule has 2 heterocycles. The molecular formula is C12H14N4O3S. The van der Waals surface area contributed by atoms with Gasteiger partial charge in [0.2, 0.25) is 0 Å². The number of hydrogen-bond donors (Lipinski definition) is 2. The van der Waals surface area contributed by atoms with Gasteiger partial charge in [-0.2, -0.15) is 5.10 Å². The topological polar surface area (TPSA) is 97.1 Å². The number of Topliss-reactive ketones (excluding diaryl/α,β-unsaturated/α-hetero) is 1. The number of aromatic nitrogens is 3. The number of thiazole rings is 1. The number of carboxylic acid groups (broad SMARTS) is 1. The van der Waals surface area contributed by atoms with E-state index in [1.807, 2.05) is 19.2 Å². The van der Waals surface area contributed by atoms with Crippen LogP contribution in [0.5, 0.6) is 0 Å². The first kappa shape index (κ1) is 14.2. The van der Waals surface area contributed by atoms with E-state index in [1.54, 1.807) is 10.9 Å². The number of rotatable bonds is 6. The zero-order chi connectivity index (χ0) is 14.7. The maximum atomic E-state index is 11.4. The Kier molecular flexibility index (Phi) is 4.14. The van der Waals surface area contributed by atoms with Gasteiger partial charge in [0.1, 0.15) is 4.88 Å². The maximum Gasteiger partial charge on any atom is 0.356 e. The van der Waals surface area contributed by atoms with Crippen LogP contribution in [0, 0.1) is 0 Å². The van der Waals surface area contributed by atoms with Crippen molar-refractivity contribution in [2.24, 2.45) is 0 Å². The number of hydrogen-bond acceptors (Lipinski definition) is 6. The second kappa shape index (κ2) is 5.83. The largest absolute Gasteiger partial charge is 0.476 e. The first-order valence-corrected chi connectivity index (χ1v) is 6.78. The minimum absolute atomic E-state index is 0.00232. The molecule has 0 spiro atoms. The van der Waals surface area contributed by atoms with Crippen molar-refractivity contribution in [3.05, 3.63) is 29.0 Å². The van der Waals surface area contributed by atoms with Crippen molar-refractivity contribution in [2.45, 2.75) is 26.4 Å². The van der Waals surface area contributed by atoms with Crippen LogP contribution in [0.4, 0.5) is 5.13 Å². The number of nitrogens with one attached hydrogen (secondary N) is 1. The quantitative estimate of drug-likeness (QED) is 0.788. The summed E-state index contributed by atoms with van der Waals surface area (Å²) in [7, 11) is 0. The molecule has 0 radical (unpaired) electrons. The molecular weight excluding hydrogens is 280 g/mol.